The maximum Gasteiger partial charge on any atom is 0.406 e. The summed E-state index contributed by atoms with van der Waals surface area (Å²) in [5.41, 5.74) is 5.24. The van der Waals surface area contributed by atoms with E-state index in [-0.39, 0.29) is 23.7 Å². The van der Waals surface area contributed by atoms with Crippen molar-refractivity contribution in [1.82, 2.24) is 15.0 Å². The monoisotopic (exact) mass is 271 g/mol. The summed E-state index contributed by atoms with van der Waals surface area (Å²) < 4.78 is 36.8. The van der Waals surface area contributed by atoms with Gasteiger partial charge in [-0.05, 0) is 11.6 Å². The molecule has 1 heterocycles. The van der Waals surface area contributed by atoms with Crippen LogP contribution in [0, 0.1) is 0 Å². The molecule has 0 bridgehead atoms. The van der Waals surface area contributed by atoms with E-state index in [4.69, 9.17) is 22.4 Å². The van der Waals surface area contributed by atoms with Crippen molar-refractivity contribution in [3.05, 3.63) is 5.28 Å². The lowest BCUT2D eigenvalue weighted by Gasteiger charge is -2.22. The van der Waals surface area contributed by atoms with Gasteiger partial charge in [0.1, 0.15) is 6.54 Å². The van der Waals surface area contributed by atoms with Crippen LogP contribution in [0.5, 0.6) is 0 Å². The number of aliphatic hydroxyl groups excluding tert-OH is 1. The fraction of sp³-hybridized carbons (Fsp3) is 0.571. The van der Waals surface area contributed by atoms with Crippen LogP contribution in [-0.2, 0) is 0 Å². The summed E-state index contributed by atoms with van der Waals surface area (Å²) in [5, 5.41) is 8.38. The van der Waals surface area contributed by atoms with Gasteiger partial charge in [-0.25, -0.2) is 0 Å². The van der Waals surface area contributed by atoms with Crippen LogP contribution in [0.25, 0.3) is 0 Å². The van der Waals surface area contributed by atoms with Gasteiger partial charge in [-0.15, -0.1) is 0 Å². The maximum atomic E-state index is 12.3. The zero-order valence-electron chi connectivity index (χ0n) is 8.45. The molecule has 6 nitrogen and oxygen atoms in total. The van der Waals surface area contributed by atoms with Gasteiger partial charge in [0.25, 0.3) is 0 Å². The van der Waals surface area contributed by atoms with Crippen LogP contribution in [0.15, 0.2) is 0 Å². The fourth-order valence-corrected chi connectivity index (χ4v) is 1.24. The number of nitrogens with zero attached hydrogens (tertiary/aromatic N) is 4. The Kier molecular flexibility index (Phi) is 4.29. The molecule has 0 aliphatic rings. The third kappa shape index (κ3) is 4.57. The Hall–Kier alpha value is -1.35. The number of halogens is 4. The van der Waals surface area contributed by atoms with Crippen molar-refractivity contribution < 1.29 is 18.3 Å². The van der Waals surface area contributed by atoms with E-state index in [1.807, 2.05) is 0 Å². The van der Waals surface area contributed by atoms with E-state index >= 15 is 0 Å². The first kappa shape index (κ1) is 13.7. The average Bonchev–Trinajstić information content (AvgIpc) is 2.13. The van der Waals surface area contributed by atoms with Crippen molar-refractivity contribution in [2.75, 3.05) is 30.3 Å². The molecule has 17 heavy (non-hydrogen) atoms. The lowest BCUT2D eigenvalue weighted by molar-refractivity contribution is -0.120. The third-order valence-corrected chi connectivity index (χ3v) is 1.81. The Morgan fingerprint density at radius 3 is 2.41 bits per heavy atom. The van der Waals surface area contributed by atoms with Gasteiger partial charge in [0.15, 0.2) is 0 Å². The van der Waals surface area contributed by atoms with E-state index in [9.17, 15) is 13.2 Å². The van der Waals surface area contributed by atoms with Crippen molar-refractivity contribution in [3.63, 3.8) is 0 Å². The Balaban J connectivity index is 2.96. The molecule has 0 amide bonds. The summed E-state index contributed by atoms with van der Waals surface area (Å²) in [6.45, 7) is -2.09. The Labute approximate surface area is 99.2 Å². The standard InChI is InChI=1S/C7H9ClF3N5O/c8-4-13-5(12)15-6(14-4)16(1-2-17)3-7(9,10)11/h17H,1-3H2,(H2,12,13,14,15). The van der Waals surface area contributed by atoms with Crippen LogP contribution in [0.3, 0.4) is 0 Å². The van der Waals surface area contributed by atoms with Gasteiger partial charge in [0.2, 0.25) is 17.2 Å². The normalized spacial score (nSPS) is 11.6. The number of rotatable bonds is 4. The smallest absolute Gasteiger partial charge is 0.395 e. The molecule has 1 aromatic rings. The number of aromatic nitrogens is 3. The molecule has 3 N–H and O–H groups in total. The van der Waals surface area contributed by atoms with Crippen LogP contribution < -0.4 is 10.6 Å². The minimum absolute atomic E-state index is 0.287. The summed E-state index contributed by atoms with van der Waals surface area (Å²) >= 11 is 5.45. The molecule has 0 fully saturated rings. The number of nitrogens with two attached hydrogens (primary N) is 1. The number of hydrogen-bond acceptors (Lipinski definition) is 6. The van der Waals surface area contributed by atoms with Crippen molar-refractivity contribution >= 4 is 23.5 Å². The lowest BCUT2D eigenvalue weighted by Crippen LogP contribution is -2.37. The number of alkyl halides is 3. The van der Waals surface area contributed by atoms with E-state index in [0.29, 0.717) is 4.90 Å². The molecule has 1 aromatic heterocycles. The first-order valence-corrected chi connectivity index (χ1v) is 4.79. The second kappa shape index (κ2) is 5.32. The van der Waals surface area contributed by atoms with Crippen molar-refractivity contribution in [1.29, 1.82) is 0 Å². The molecule has 0 radical (unpaired) electrons. The second-order valence-corrected chi connectivity index (χ2v) is 3.36. The van der Waals surface area contributed by atoms with E-state index in [0.717, 1.165) is 0 Å². The van der Waals surface area contributed by atoms with E-state index in [2.05, 4.69) is 15.0 Å². The van der Waals surface area contributed by atoms with Crippen LogP contribution in [0.1, 0.15) is 0 Å². The molecule has 0 aliphatic carbocycles. The molecule has 0 atom stereocenters. The summed E-state index contributed by atoms with van der Waals surface area (Å²) in [6, 6.07) is 0. The van der Waals surface area contributed by atoms with Crippen LogP contribution in [-0.4, -0.2) is 45.9 Å². The van der Waals surface area contributed by atoms with E-state index in [1.54, 1.807) is 0 Å². The Morgan fingerprint density at radius 1 is 1.29 bits per heavy atom. The third-order valence-electron chi connectivity index (χ3n) is 1.64. The topological polar surface area (TPSA) is 88.2 Å². The van der Waals surface area contributed by atoms with Gasteiger partial charge < -0.3 is 15.7 Å². The molecule has 0 saturated heterocycles. The lowest BCUT2D eigenvalue weighted by atomic mass is 10.5. The predicted molar refractivity (Wildman–Crippen MR) is 54.6 cm³/mol. The average molecular weight is 272 g/mol. The summed E-state index contributed by atoms with van der Waals surface area (Å²) in [6.07, 6.45) is -4.46. The van der Waals surface area contributed by atoms with Gasteiger partial charge in [-0.1, -0.05) is 0 Å². The van der Waals surface area contributed by atoms with Crippen LogP contribution >= 0.6 is 11.6 Å². The Bertz CT molecular complexity index is 368. The molecule has 0 saturated carbocycles. The molecular formula is C7H9ClF3N5O. The van der Waals surface area contributed by atoms with Crippen LogP contribution in [0.4, 0.5) is 25.1 Å². The highest BCUT2D eigenvalue weighted by atomic mass is 35.5. The predicted octanol–water partition coefficient (Wildman–Crippen LogP) is 0.468. The maximum absolute atomic E-state index is 12.3. The molecule has 0 aromatic carbocycles. The zero-order valence-corrected chi connectivity index (χ0v) is 9.20. The minimum Gasteiger partial charge on any atom is -0.395 e. The fourth-order valence-electron chi connectivity index (χ4n) is 1.08. The van der Waals surface area contributed by atoms with Crippen molar-refractivity contribution in [3.8, 4) is 0 Å². The van der Waals surface area contributed by atoms with E-state index in [1.165, 1.54) is 0 Å². The van der Waals surface area contributed by atoms with Crippen molar-refractivity contribution in [2.45, 2.75) is 6.18 Å². The molecule has 0 spiro atoms. The molecule has 0 aliphatic heterocycles. The van der Waals surface area contributed by atoms with Gasteiger partial charge in [0.05, 0.1) is 6.61 Å². The zero-order chi connectivity index (χ0) is 13.1. The SMILES string of the molecule is Nc1nc(Cl)nc(N(CCO)CC(F)(F)F)n1. The molecule has 0 unspecified atom stereocenters. The first-order chi connectivity index (χ1) is 7.81. The second-order valence-electron chi connectivity index (χ2n) is 3.02. The van der Waals surface area contributed by atoms with E-state index < -0.39 is 19.3 Å². The highest BCUT2D eigenvalue weighted by Gasteiger charge is 2.32. The quantitative estimate of drug-likeness (QED) is 0.827. The number of anilines is 2. The highest BCUT2D eigenvalue weighted by molar-refractivity contribution is 6.28. The van der Waals surface area contributed by atoms with Crippen LogP contribution in [0.2, 0.25) is 5.28 Å². The largest absolute Gasteiger partial charge is 0.406 e. The molecule has 96 valence electrons. The minimum atomic E-state index is -4.46. The van der Waals surface area contributed by atoms with Gasteiger partial charge >= 0.3 is 6.18 Å². The van der Waals surface area contributed by atoms with Crippen molar-refractivity contribution in [2.24, 2.45) is 0 Å². The Morgan fingerprint density at radius 2 is 1.94 bits per heavy atom. The number of nitrogen functional groups attached to an aromatic ring is 1. The number of aliphatic hydroxyl groups is 1. The highest BCUT2D eigenvalue weighted by Crippen LogP contribution is 2.20. The summed E-state index contributed by atoms with van der Waals surface area (Å²) in [4.78, 5) is 11.2. The summed E-state index contributed by atoms with van der Waals surface area (Å²) in [7, 11) is 0. The number of hydrogen-bond donors (Lipinski definition) is 2. The summed E-state index contributed by atoms with van der Waals surface area (Å²) in [5.74, 6) is -0.612. The molecule has 10 heteroatoms. The van der Waals surface area contributed by atoms with Gasteiger partial charge in [-0.3, -0.25) is 0 Å². The van der Waals surface area contributed by atoms with Gasteiger partial charge in [0, 0.05) is 6.54 Å². The van der Waals surface area contributed by atoms with Gasteiger partial charge in [-0.2, -0.15) is 28.1 Å². The molecular weight excluding hydrogens is 263 g/mol. The molecule has 1 rings (SSSR count). The first-order valence-electron chi connectivity index (χ1n) is 4.41.